The van der Waals surface area contributed by atoms with Crippen LogP contribution in [0.15, 0.2) is 55.1 Å². The molecule has 0 unspecified atom stereocenters. The molecule has 3 rings (SSSR count). The molecule has 0 fully saturated rings. The van der Waals surface area contributed by atoms with Crippen LogP contribution in [0.3, 0.4) is 0 Å². The molecule has 2 aromatic heterocycles. The van der Waals surface area contributed by atoms with Crippen molar-refractivity contribution in [3.63, 3.8) is 0 Å². The molecule has 0 atom stereocenters. The molecule has 0 saturated carbocycles. The third-order valence-corrected chi connectivity index (χ3v) is 5.05. The van der Waals surface area contributed by atoms with Crippen LogP contribution in [0.5, 0.6) is 0 Å². The lowest BCUT2D eigenvalue weighted by molar-refractivity contribution is -0.117. The molecule has 0 spiro atoms. The van der Waals surface area contributed by atoms with Gasteiger partial charge in [-0.3, -0.25) is 14.8 Å². The molecule has 0 aliphatic carbocycles. The highest BCUT2D eigenvalue weighted by Gasteiger charge is 2.18. The Morgan fingerprint density at radius 3 is 2.00 bits per heavy atom. The number of carbonyl (C=O) groups is 1. The monoisotopic (exact) mass is 374 g/mol. The maximum Gasteiger partial charge on any atom is 0.221 e. The van der Waals surface area contributed by atoms with E-state index in [2.05, 4.69) is 53.8 Å². The summed E-state index contributed by atoms with van der Waals surface area (Å²) in [5.74, 6) is -0.316. The first-order chi connectivity index (χ1) is 13.5. The molecule has 0 bridgehead atoms. The normalized spacial score (nSPS) is 10.7. The fourth-order valence-corrected chi connectivity index (χ4v) is 3.58. The van der Waals surface area contributed by atoms with Gasteiger partial charge in [-0.25, -0.2) is 0 Å². The summed E-state index contributed by atoms with van der Waals surface area (Å²) >= 11 is 0. The van der Waals surface area contributed by atoms with Gasteiger partial charge in [0.15, 0.2) is 0 Å². The number of rotatable bonds is 7. The van der Waals surface area contributed by atoms with Crippen molar-refractivity contribution in [3.8, 4) is 0 Å². The Morgan fingerprint density at radius 2 is 1.54 bits per heavy atom. The minimum Gasteiger partial charge on any atom is -0.369 e. The van der Waals surface area contributed by atoms with Crippen LogP contribution in [0, 0.1) is 20.8 Å². The van der Waals surface area contributed by atoms with E-state index in [-0.39, 0.29) is 12.3 Å². The smallest absolute Gasteiger partial charge is 0.221 e. The lowest BCUT2D eigenvalue weighted by Gasteiger charge is -2.30. The molecule has 0 radical (unpaired) electrons. The Balaban J connectivity index is 2.08. The average Bonchev–Trinajstić information content (AvgIpc) is 2.67. The van der Waals surface area contributed by atoms with Gasteiger partial charge in [-0.05, 0) is 66.3 Å². The van der Waals surface area contributed by atoms with E-state index in [0.717, 1.165) is 33.5 Å². The number of hydrogen-bond donors (Lipinski definition) is 1. The van der Waals surface area contributed by atoms with Gasteiger partial charge in [0.2, 0.25) is 5.91 Å². The summed E-state index contributed by atoms with van der Waals surface area (Å²) in [6.45, 7) is 7.70. The fraction of sp³-hybridized carbons (Fsp3) is 0.261. The van der Waals surface area contributed by atoms with E-state index >= 15 is 0 Å². The summed E-state index contributed by atoms with van der Waals surface area (Å²) in [6.07, 6.45) is 7.59. The van der Waals surface area contributed by atoms with Crippen LogP contribution in [0.25, 0.3) is 0 Å². The van der Waals surface area contributed by atoms with Crippen LogP contribution in [-0.2, 0) is 24.3 Å². The molecule has 2 heterocycles. The van der Waals surface area contributed by atoms with Crippen molar-refractivity contribution >= 4 is 11.6 Å². The van der Waals surface area contributed by atoms with Crippen molar-refractivity contribution in [2.75, 3.05) is 4.90 Å². The van der Waals surface area contributed by atoms with E-state index in [1.165, 1.54) is 5.56 Å². The van der Waals surface area contributed by atoms with Gasteiger partial charge >= 0.3 is 0 Å². The minimum atomic E-state index is -0.316. The number of pyridine rings is 2. The third kappa shape index (κ3) is 4.55. The molecule has 5 nitrogen and oxygen atoms in total. The number of benzene rings is 1. The molecule has 1 aromatic carbocycles. The Kier molecular flexibility index (Phi) is 6.04. The molecule has 1 amide bonds. The first-order valence-corrected chi connectivity index (χ1v) is 9.36. The van der Waals surface area contributed by atoms with E-state index < -0.39 is 0 Å². The average molecular weight is 374 g/mol. The molecule has 0 aliphatic rings. The third-order valence-electron chi connectivity index (χ3n) is 5.05. The van der Waals surface area contributed by atoms with Gasteiger partial charge in [0, 0.05) is 43.6 Å². The lowest BCUT2D eigenvalue weighted by Crippen LogP contribution is -2.25. The first-order valence-electron chi connectivity index (χ1n) is 9.36. The van der Waals surface area contributed by atoms with Crippen molar-refractivity contribution in [2.24, 2.45) is 5.73 Å². The predicted octanol–water partition coefficient (Wildman–Crippen LogP) is 3.64. The fourth-order valence-electron chi connectivity index (χ4n) is 3.58. The SMILES string of the molecule is Cc1cc(CC(N)=O)c(C)c(N(Cc2cccnc2)Cc2cccnc2)c1C. The van der Waals surface area contributed by atoms with Gasteiger partial charge in [-0.2, -0.15) is 0 Å². The molecule has 144 valence electrons. The van der Waals surface area contributed by atoms with Gasteiger partial charge in [-0.15, -0.1) is 0 Å². The Morgan fingerprint density at radius 1 is 0.964 bits per heavy atom. The zero-order chi connectivity index (χ0) is 20.1. The van der Waals surface area contributed by atoms with Crippen LogP contribution in [0.1, 0.15) is 33.4 Å². The largest absolute Gasteiger partial charge is 0.369 e. The number of amides is 1. The summed E-state index contributed by atoms with van der Waals surface area (Å²) in [5.41, 5.74) is 13.3. The summed E-state index contributed by atoms with van der Waals surface area (Å²) in [7, 11) is 0. The molecule has 5 heteroatoms. The molecular weight excluding hydrogens is 348 g/mol. The van der Waals surface area contributed by atoms with Crippen LogP contribution in [-0.4, -0.2) is 15.9 Å². The molecule has 2 N–H and O–H groups in total. The Bertz CT molecular complexity index is 914. The van der Waals surface area contributed by atoms with Crippen LogP contribution < -0.4 is 10.6 Å². The summed E-state index contributed by atoms with van der Waals surface area (Å²) in [5, 5.41) is 0. The highest BCUT2D eigenvalue weighted by atomic mass is 16.1. The molecule has 0 aliphatic heterocycles. The number of carbonyl (C=O) groups excluding carboxylic acids is 1. The highest BCUT2D eigenvalue weighted by molar-refractivity contribution is 5.78. The van der Waals surface area contributed by atoms with Crippen LogP contribution >= 0.6 is 0 Å². The standard InChI is InChI=1S/C23H26N4O/c1-16-10-21(11-22(24)28)18(3)23(17(16)2)27(14-19-6-4-8-25-12-19)15-20-7-5-9-26-13-20/h4-10,12-13H,11,14-15H2,1-3H3,(H2,24,28). The highest BCUT2D eigenvalue weighted by Crippen LogP contribution is 2.33. The van der Waals surface area contributed by atoms with Crippen LogP contribution in [0.2, 0.25) is 0 Å². The van der Waals surface area contributed by atoms with E-state index in [4.69, 9.17) is 5.73 Å². The number of primary amides is 1. The number of nitrogens with zero attached hydrogens (tertiary/aromatic N) is 3. The maximum atomic E-state index is 11.6. The van der Waals surface area contributed by atoms with Crippen molar-refractivity contribution in [3.05, 3.63) is 88.5 Å². The van der Waals surface area contributed by atoms with Gasteiger partial charge in [-0.1, -0.05) is 18.2 Å². The second-order valence-corrected chi connectivity index (χ2v) is 7.17. The number of anilines is 1. The number of aryl methyl sites for hydroxylation is 1. The van der Waals surface area contributed by atoms with E-state index in [1.807, 2.05) is 24.5 Å². The van der Waals surface area contributed by atoms with Crippen molar-refractivity contribution in [1.82, 2.24) is 9.97 Å². The molecular formula is C23H26N4O. The van der Waals surface area contributed by atoms with Crippen molar-refractivity contribution in [2.45, 2.75) is 40.3 Å². The van der Waals surface area contributed by atoms with Gasteiger partial charge in [0.05, 0.1) is 6.42 Å². The van der Waals surface area contributed by atoms with E-state index in [1.54, 1.807) is 12.4 Å². The van der Waals surface area contributed by atoms with Crippen molar-refractivity contribution in [1.29, 1.82) is 0 Å². The van der Waals surface area contributed by atoms with Gasteiger partial charge in [0.25, 0.3) is 0 Å². The zero-order valence-electron chi connectivity index (χ0n) is 16.6. The predicted molar refractivity (Wildman–Crippen MR) is 112 cm³/mol. The number of nitrogens with two attached hydrogens (primary N) is 1. The lowest BCUT2D eigenvalue weighted by atomic mass is 9.94. The molecule has 3 aromatic rings. The van der Waals surface area contributed by atoms with Crippen LogP contribution in [0.4, 0.5) is 5.69 Å². The van der Waals surface area contributed by atoms with E-state index in [0.29, 0.717) is 13.1 Å². The molecule has 0 saturated heterocycles. The number of hydrogen-bond acceptors (Lipinski definition) is 4. The first kappa shape index (κ1) is 19.5. The maximum absolute atomic E-state index is 11.6. The second kappa shape index (κ2) is 8.65. The summed E-state index contributed by atoms with van der Waals surface area (Å²) in [4.78, 5) is 22.4. The topological polar surface area (TPSA) is 72.1 Å². The minimum absolute atomic E-state index is 0.244. The second-order valence-electron chi connectivity index (χ2n) is 7.17. The molecule has 28 heavy (non-hydrogen) atoms. The number of aromatic nitrogens is 2. The Labute approximate surface area is 166 Å². The van der Waals surface area contributed by atoms with E-state index in [9.17, 15) is 4.79 Å². The van der Waals surface area contributed by atoms with Crippen molar-refractivity contribution < 1.29 is 4.79 Å². The summed E-state index contributed by atoms with van der Waals surface area (Å²) in [6, 6.07) is 10.1. The zero-order valence-corrected chi connectivity index (χ0v) is 16.6. The quantitative estimate of drug-likeness (QED) is 0.685. The Hall–Kier alpha value is -3.21. The summed E-state index contributed by atoms with van der Waals surface area (Å²) < 4.78 is 0. The van der Waals surface area contributed by atoms with Gasteiger partial charge in [0.1, 0.15) is 0 Å². The van der Waals surface area contributed by atoms with Gasteiger partial charge < -0.3 is 10.6 Å².